The van der Waals surface area contributed by atoms with E-state index in [1.807, 2.05) is 30.3 Å². The molecule has 2 aromatic carbocycles. The van der Waals surface area contributed by atoms with Crippen LogP contribution in [0, 0.1) is 0 Å². The van der Waals surface area contributed by atoms with Crippen molar-refractivity contribution in [3.8, 4) is 22.4 Å². The molecule has 0 spiro atoms. The van der Waals surface area contributed by atoms with Crippen LogP contribution in [-0.4, -0.2) is 69.3 Å². The number of rotatable bonds is 18. The van der Waals surface area contributed by atoms with Crippen LogP contribution >= 0.6 is 25.3 Å². The van der Waals surface area contributed by atoms with Crippen LogP contribution < -0.4 is 10.5 Å². The second-order valence-electron chi connectivity index (χ2n) is 8.92. The third-order valence-corrected chi connectivity index (χ3v) is 7.44. The average molecular weight is 579 g/mol. The number of nitrogens with one attached hydrogen (secondary N) is 1. The van der Waals surface area contributed by atoms with Gasteiger partial charge in [0.2, 0.25) is 10.0 Å². The summed E-state index contributed by atoms with van der Waals surface area (Å²) in [4.78, 5) is 2.49. The molecule has 11 heteroatoms. The second kappa shape index (κ2) is 16.3. The van der Waals surface area contributed by atoms with E-state index in [0.29, 0.717) is 18.1 Å². The first-order valence-corrected chi connectivity index (χ1v) is 15.6. The Balaban J connectivity index is 1.56. The standard InChI is InChI=1S/C27H38N4O4S3/c28-38(32,33)24-11-9-22(10-12-24)26-25(35-30-27(26)23-7-3-1-4-8-23)21-34-18-6-2-5-15-31(17-20-37)16-13-29-14-19-36/h1,3-4,7-12,29,36-37H,2,5-6,13-21H2,(H2,28,32,33). The maximum absolute atomic E-state index is 11.7. The van der Waals surface area contributed by atoms with Gasteiger partial charge in [-0.2, -0.15) is 25.3 Å². The van der Waals surface area contributed by atoms with Crippen molar-refractivity contribution in [1.29, 1.82) is 0 Å². The minimum Gasteiger partial charge on any atom is -0.373 e. The van der Waals surface area contributed by atoms with E-state index in [-0.39, 0.29) is 11.5 Å². The van der Waals surface area contributed by atoms with Crippen molar-refractivity contribution in [1.82, 2.24) is 15.4 Å². The number of thiol groups is 2. The van der Waals surface area contributed by atoms with Gasteiger partial charge in [0, 0.05) is 49.9 Å². The van der Waals surface area contributed by atoms with Gasteiger partial charge in [0.05, 0.1) is 10.5 Å². The Kier molecular flexibility index (Phi) is 13.2. The van der Waals surface area contributed by atoms with E-state index < -0.39 is 10.0 Å². The number of hydrogen-bond donors (Lipinski definition) is 4. The maximum Gasteiger partial charge on any atom is 0.238 e. The molecule has 0 saturated carbocycles. The highest BCUT2D eigenvalue weighted by molar-refractivity contribution is 7.89. The molecular formula is C27H38N4O4S3. The molecule has 38 heavy (non-hydrogen) atoms. The average Bonchev–Trinajstić information content (AvgIpc) is 3.34. The number of nitrogens with two attached hydrogens (primary N) is 1. The molecule has 1 aromatic heterocycles. The summed E-state index contributed by atoms with van der Waals surface area (Å²) in [5.41, 5.74) is 3.15. The van der Waals surface area contributed by atoms with Gasteiger partial charge < -0.3 is 19.5 Å². The lowest BCUT2D eigenvalue weighted by molar-refractivity contribution is 0.0975. The topological polar surface area (TPSA) is 111 Å². The van der Waals surface area contributed by atoms with Gasteiger partial charge in [-0.15, -0.1) is 0 Å². The van der Waals surface area contributed by atoms with Gasteiger partial charge in [-0.1, -0.05) is 47.6 Å². The van der Waals surface area contributed by atoms with E-state index in [4.69, 9.17) is 14.4 Å². The number of aromatic nitrogens is 1. The summed E-state index contributed by atoms with van der Waals surface area (Å²) in [5.74, 6) is 2.30. The Morgan fingerprint density at radius 3 is 2.34 bits per heavy atom. The van der Waals surface area contributed by atoms with Gasteiger partial charge >= 0.3 is 0 Å². The highest BCUT2D eigenvalue weighted by atomic mass is 32.2. The van der Waals surface area contributed by atoms with Crippen LogP contribution in [0.15, 0.2) is 64.0 Å². The Bertz CT molecular complexity index is 1190. The largest absolute Gasteiger partial charge is 0.373 e. The molecule has 0 aliphatic heterocycles. The predicted molar refractivity (Wildman–Crippen MR) is 159 cm³/mol. The lowest BCUT2D eigenvalue weighted by Crippen LogP contribution is -2.34. The molecule has 0 fully saturated rings. The fourth-order valence-electron chi connectivity index (χ4n) is 4.12. The smallest absolute Gasteiger partial charge is 0.238 e. The van der Waals surface area contributed by atoms with Crippen LogP contribution in [0.1, 0.15) is 25.0 Å². The minimum absolute atomic E-state index is 0.0543. The van der Waals surface area contributed by atoms with Crippen molar-refractivity contribution in [2.45, 2.75) is 30.8 Å². The fraction of sp³-hybridized carbons (Fsp3) is 0.444. The summed E-state index contributed by atoms with van der Waals surface area (Å²) in [6.07, 6.45) is 3.12. The van der Waals surface area contributed by atoms with E-state index in [1.54, 1.807) is 12.1 Å². The predicted octanol–water partition coefficient (Wildman–Crippen LogP) is 4.09. The quantitative estimate of drug-likeness (QED) is 0.133. The number of sulfonamides is 1. The monoisotopic (exact) mass is 578 g/mol. The highest BCUT2D eigenvalue weighted by Gasteiger charge is 2.20. The van der Waals surface area contributed by atoms with E-state index in [0.717, 1.165) is 80.2 Å². The molecule has 0 bridgehead atoms. The van der Waals surface area contributed by atoms with Crippen LogP contribution in [0.25, 0.3) is 22.4 Å². The molecule has 0 amide bonds. The second-order valence-corrected chi connectivity index (χ2v) is 11.4. The number of nitrogens with zero attached hydrogens (tertiary/aromatic N) is 2. The molecule has 0 unspecified atom stereocenters. The molecule has 3 rings (SSSR count). The van der Waals surface area contributed by atoms with E-state index in [2.05, 4.69) is 40.6 Å². The van der Waals surface area contributed by atoms with Crippen molar-refractivity contribution in [2.24, 2.45) is 5.14 Å². The Morgan fingerprint density at radius 1 is 0.895 bits per heavy atom. The van der Waals surface area contributed by atoms with E-state index in [9.17, 15) is 8.42 Å². The third kappa shape index (κ3) is 9.71. The zero-order valence-electron chi connectivity index (χ0n) is 21.6. The fourth-order valence-corrected chi connectivity index (χ4v) is 5.08. The molecule has 208 valence electrons. The normalized spacial score (nSPS) is 11.9. The lowest BCUT2D eigenvalue weighted by Gasteiger charge is -2.21. The maximum atomic E-state index is 11.7. The van der Waals surface area contributed by atoms with Crippen LogP contribution in [0.3, 0.4) is 0 Å². The molecule has 3 aromatic rings. The molecule has 0 aliphatic rings. The van der Waals surface area contributed by atoms with Gasteiger partial charge in [-0.05, 0) is 43.5 Å². The number of primary sulfonamides is 1. The van der Waals surface area contributed by atoms with Gasteiger partial charge in [0.25, 0.3) is 0 Å². The van der Waals surface area contributed by atoms with Crippen molar-refractivity contribution in [3.63, 3.8) is 0 Å². The van der Waals surface area contributed by atoms with Gasteiger partial charge in [-0.25, -0.2) is 13.6 Å². The highest BCUT2D eigenvalue weighted by Crippen LogP contribution is 2.35. The summed E-state index contributed by atoms with van der Waals surface area (Å²) in [6, 6.07) is 16.1. The first kappa shape index (κ1) is 30.7. The van der Waals surface area contributed by atoms with Gasteiger partial charge in [-0.3, -0.25) is 0 Å². The van der Waals surface area contributed by atoms with Crippen molar-refractivity contribution in [3.05, 3.63) is 60.4 Å². The summed E-state index contributed by atoms with van der Waals surface area (Å²) in [5, 5.41) is 13.0. The summed E-state index contributed by atoms with van der Waals surface area (Å²) in [6.45, 7) is 5.82. The Morgan fingerprint density at radius 2 is 1.66 bits per heavy atom. The lowest BCUT2D eigenvalue weighted by atomic mass is 9.99. The molecular weight excluding hydrogens is 541 g/mol. The molecule has 3 N–H and O–H groups in total. The van der Waals surface area contributed by atoms with Crippen molar-refractivity contribution >= 4 is 35.3 Å². The Hall–Kier alpha value is -1.86. The summed E-state index contributed by atoms with van der Waals surface area (Å²) >= 11 is 8.61. The number of hydrogen-bond acceptors (Lipinski definition) is 9. The van der Waals surface area contributed by atoms with E-state index >= 15 is 0 Å². The van der Waals surface area contributed by atoms with E-state index in [1.165, 1.54) is 12.1 Å². The molecule has 0 atom stereocenters. The van der Waals surface area contributed by atoms with Crippen LogP contribution in [-0.2, 0) is 21.4 Å². The van der Waals surface area contributed by atoms with Crippen molar-refractivity contribution < 1.29 is 17.7 Å². The number of unbranched alkanes of at least 4 members (excludes halogenated alkanes) is 2. The summed E-state index contributed by atoms with van der Waals surface area (Å²) in [7, 11) is -3.78. The van der Waals surface area contributed by atoms with Crippen LogP contribution in [0.5, 0.6) is 0 Å². The van der Waals surface area contributed by atoms with Gasteiger partial charge in [0.1, 0.15) is 12.3 Å². The Labute approximate surface area is 237 Å². The zero-order valence-corrected chi connectivity index (χ0v) is 24.2. The first-order valence-electron chi connectivity index (χ1n) is 12.8. The molecule has 0 saturated heterocycles. The first-order chi connectivity index (χ1) is 18.4. The van der Waals surface area contributed by atoms with Crippen molar-refractivity contribution in [2.75, 3.05) is 50.8 Å². The molecule has 0 radical (unpaired) electrons. The molecule has 8 nitrogen and oxygen atoms in total. The number of benzene rings is 2. The minimum atomic E-state index is -3.78. The zero-order chi connectivity index (χ0) is 27.2. The summed E-state index contributed by atoms with van der Waals surface area (Å²) < 4.78 is 35.0. The number of ether oxygens (including phenoxy) is 1. The van der Waals surface area contributed by atoms with Crippen LogP contribution in [0.2, 0.25) is 0 Å². The molecule has 0 aliphatic carbocycles. The van der Waals surface area contributed by atoms with Crippen LogP contribution in [0.4, 0.5) is 0 Å². The SMILES string of the molecule is NS(=O)(=O)c1ccc(-c2c(-c3ccccc3)noc2COCCCCCN(CCS)CCNCCS)cc1. The third-order valence-electron chi connectivity index (χ3n) is 6.09. The van der Waals surface area contributed by atoms with Gasteiger partial charge in [0.15, 0.2) is 5.76 Å². The molecule has 1 heterocycles.